The van der Waals surface area contributed by atoms with Gasteiger partial charge in [-0.2, -0.15) is 0 Å². The van der Waals surface area contributed by atoms with Crippen molar-refractivity contribution in [2.75, 3.05) is 19.7 Å². The minimum absolute atomic E-state index is 0.421. The van der Waals surface area contributed by atoms with Crippen LogP contribution in [0.15, 0.2) is 0 Å². The largest absolute Gasteiger partial charge is 0.340 e. The van der Waals surface area contributed by atoms with Gasteiger partial charge in [-0.05, 0) is 6.92 Å². The Labute approximate surface area is 54.5 Å². The predicted molar refractivity (Wildman–Crippen MR) is 35.0 cm³/mol. The van der Waals surface area contributed by atoms with Gasteiger partial charge in [0.25, 0.3) is 0 Å². The molecule has 2 N–H and O–H groups in total. The van der Waals surface area contributed by atoms with Gasteiger partial charge in [-0.15, -0.1) is 0 Å². The molecule has 0 aromatic heterocycles. The van der Waals surface area contributed by atoms with Crippen LogP contribution in [0.5, 0.6) is 0 Å². The van der Waals surface area contributed by atoms with Crippen molar-refractivity contribution in [3.05, 3.63) is 0 Å². The maximum atomic E-state index is 11.1. The maximum Gasteiger partial charge on any atom is 0.340 e. The van der Waals surface area contributed by atoms with Crippen LogP contribution >= 0.6 is 7.67 Å². The summed E-state index contributed by atoms with van der Waals surface area (Å²) < 4.78 is 17.5. The first-order valence-electron chi connectivity index (χ1n) is 2.95. The monoisotopic (exact) mass is 150 g/mol. The van der Waals surface area contributed by atoms with Crippen LogP contribution in [0.2, 0.25) is 0 Å². The van der Waals surface area contributed by atoms with Crippen LogP contribution in [0, 0.1) is 0 Å². The van der Waals surface area contributed by atoms with Gasteiger partial charge >= 0.3 is 7.67 Å². The number of nitrogens with two attached hydrogens (primary N) is 1. The van der Waals surface area contributed by atoms with E-state index in [9.17, 15) is 4.57 Å². The lowest BCUT2D eigenvalue weighted by Gasteiger charge is -2.10. The van der Waals surface area contributed by atoms with Crippen molar-refractivity contribution >= 4 is 7.67 Å². The Morgan fingerprint density at radius 2 is 2.33 bits per heavy atom. The summed E-state index contributed by atoms with van der Waals surface area (Å²) >= 11 is 0. The molecule has 1 heterocycles. The average molecular weight is 150 g/mol. The summed E-state index contributed by atoms with van der Waals surface area (Å²) in [6, 6.07) is 0. The second-order valence-corrected chi connectivity index (χ2v) is 3.89. The molecule has 0 spiro atoms. The summed E-state index contributed by atoms with van der Waals surface area (Å²) in [4.78, 5) is 0. The van der Waals surface area contributed by atoms with E-state index in [-0.39, 0.29) is 0 Å². The highest BCUT2D eigenvalue weighted by Crippen LogP contribution is 2.46. The normalized spacial score (nSPS) is 25.6. The smallest absolute Gasteiger partial charge is 0.306 e. The quantitative estimate of drug-likeness (QED) is 0.467. The fourth-order valence-electron chi connectivity index (χ4n) is 0.590. The lowest BCUT2D eigenvalue weighted by Crippen LogP contribution is -2.07. The predicted octanol–water partition coefficient (Wildman–Crippen LogP) is 0.405. The number of hydrogen-bond acceptors (Lipinski definition) is 2. The van der Waals surface area contributed by atoms with Crippen molar-refractivity contribution in [1.29, 1.82) is 0 Å². The van der Waals surface area contributed by atoms with Crippen LogP contribution in [0.3, 0.4) is 0 Å². The molecular weight excluding hydrogens is 139 g/mol. The second kappa shape index (κ2) is 2.39. The first kappa shape index (κ1) is 7.22. The Bertz CT molecular complexity index is 146. The van der Waals surface area contributed by atoms with E-state index in [1.165, 1.54) is 0 Å². The highest BCUT2D eigenvalue weighted by molar-refractivity contribution is 7.54. The topological polar surface area (TPSA) is 55.3 Å². The molecule has 0 bridgehead atoms. The molecule has 1 unspecified atom stereocenters. The van der Waals surface area contributed by atoms with E-state index >= 15 is 0 Å². The highest BCUT2D eigenvalue weighted by atomic mass is 31.2. The van der Waals surface area contributed by atoms with Crippen LogP contribution in [0.1, 0.15) is 6.92 Å². The van der Waals surface area contributed by atoms with Gasteiger partial charge in [-0.3, -0.25) is 4.57 Å². The summed E-state index contributed by atoms with van der Waals surface area (Å²) in [6.45, 7) is 3.83. The molecule has 0 amide bonds. The van der Waals surface area contributed by atoms with Gasteiger partial charge in [0.1, 0.15) is 0 Å². The molecule has 0 aromatic rings. The summed E-state index contributed by atoms with van der Waals surface area (Å²) in [5.41, 5.74) is 5.29. The molecule has 4 nitrogen and oxygen atoms in total. The number of rotatable bonds is 3. The van der Waals surface area contributed by atoms with E-state index in [0.717, 1.165) is 13.1 Å². The molecule has 1 rings (SSSR count). The van der Waals surface area contributed by atoms with Crippen LogP contribution in [-0.2, 0) is 9.09 Å². The molecule has 5 heteroatoms. The Morgan fingerprint density at radius 3 is 2.67 bits per heavy atom. The lowest BCUT2D eigenvalue weighted by molar-refractivity contribution is 0.313. The van der Waals surface area contributed by atoms with Crippen LogP contribution in [-0.4, -0.2) is 24.4 Å². The minimum atomic E-state index is -2.82. The van der Waals surface area contributed by atoms with E-state index in [2.05, 4.69) is 0 Å². The van der Waals surface area contributed by atoms with Gasteiger partial charge in [0.2, 0.25) is 0 Å². The Morgan fingerprint density at radius 1 is 1.78 bits per heavy atom. The van der Waals surface area contributed by atoms with Gasteiger partial charge in [0.15, 0.2) is 0 Å². The van der Waals surface area contributed by atoms with Gasteiger partial charge in [-0.25, -0.2) is 10.2 Å². The van der Waals surface area contributed by atoms with Gasteiger partial charge in [-0.1, -0.05) is 0 Å². The van der Waals surface area contributed by atoms with E-state index in [1.807, 2.05) is 0 Å². The summed E-state index contributed by atoms with van der Waals surface area (Å²) in [6.07, 6.45) is 0. The first-order chi connectivity index (χ1) is 4.17. The van der Waals surface area contributed by atoms with Gasteiger partial charge < -0.3 is 4.52 Å². The molecule has 1 aliphatic rings. The van der Waals surface area contributed by atoms with E-state index < -0.39 is 7.67 Å². The van der Waals surface area contributed by atoms with Crippen molar-refractivity contribution in [2.45, 2.75) is 6.92 Å². The second-order valence-electron chi connectivity index (χ2n) is 1.94. The lowest BCUT2D eigenvalue weighted by atomic mass is 10.9. The fourth-order valence-corrected chi connectivity index (χ4v) is 1.77. The molecule has 1 atom stereocenters. The summed E-state index contributed by atoms with van der Waals surface area (Å²) in [5.74, 6) is 0. The number of nitrogens with zero attached hydrogens (tertiary/aromatic N) is 1. The highest BCUT2D eigenvalue weighted by Gasteiger charge is 2.35. The third kappa shape index (κ3) is 1.76. The van der Waals surface area contributed by atoms with Gasteiger partial charge in [0.05, 0.1) is 6.61 Å². The zero-order valence-corrected chi connectivity index (χ0v) is 6.30. The number of hydrogen-bond donors (Lipinski definition) is 1. The van der Waals surface area contributed by atoms with Crippen LogP contribution in [0.25, 0.3) is 0 Å². The minimum Gasteiger partial charge on any atom is -0.306 e. The molecule has 1 fully saturated rings. The van der Waals surface area contributed by atoms with Crippen LogP contribution in [0.4, 0.5) is 0 Å². The average Bonchev–Trinajstić information content (AvgIpc) is 2.41. The molecule has 1 aliphatic heterocycles. The zero-order chi connectivity index (χ0) is 6.91. The van der Waals surface area contributed by atoms with Crippen molar-refractivity contribution in [1.82, 2.24) is 4.67 Å². The SMILES string of the molecule is CCOP(N)(=O)N1CC1. The molecule has 0 aromatic carbocycles. The third-order valence-electron chi connectivity index (χ3n) is 1.13. The maximum absolute atomic E-state index is 11.1. The van der Waals surface area contributed by atoms with Gasteiger partial charge in [0, 0.05) is 13.1 Å². The van der Waals surface area contributed by atoms with Crippen molar-refractivity contribution in [2.24, 2.45) is 5.50 Å². The third-order valence-corrected chi connectivity index (χ3v) is 2.95. The molecule has 0 radical (unpaired) electrons. The molecule has 1 saturated heterocycles. The molecule has 9 heavy (non-hydrogen) atoms. The fraction of sp³-hybridized carbons (Fsp3) is 1.00. The standard InChI is InChI=1S/C4H11N2O2P/c1-2-8-9(5,7)6-3-4-6/h2-4H2,1H3,(H2,5,7). The Kier molecular flexibility index (Phi) is 1.91. The molecule has 0 aliphatic carbocycles. The van der Waals surface area contributed by atoms with Crippen molar-refractivity contribution < 1.29 is 9.09 Å². The van der Waals surface area contributed by atoms with Crippen molar-refractivity contribution in [3.63, 3.8) is 0 Å². The van der Waals surface area contributed by atoms with Crippen molar-refractivity contribution in [3.8, 4) is 0 Å². The molecule has 0 saturated carbocycles. The van der Waals surface area contributed by atoms with E-state index in [4.69, 9.17) is 10.0 Å². The Balaban J connectivity index is 2.40. The first-order valence-corrected chi connectivity index (χ1v) is 4.60. The zero-order valence-electron chi connectivity index (χ0n) is 5.41. The molecular formula is C4H11N2O2P. The summed E-state index contributed by atoms with van der Waals surface area (Å²) in [7, 11) is -2.82. The van der Waals surface area contributed by atoms with E-state index in [1.54, 1.807) is 11.6 Å². The summed E-state index contributed by atoms with van der Waals surface area (Å²) in [5, 5.41) is 0. The van der Waals surface area contributed by atoms with E-state index in [0.29, 0.717) is 6.61 Å². The van der Waals surface area contributed by atoms with Crippen LogP contribution < -0.4 is 5.50 Å². The molecule has 54 valence electrons. The Hall–Kier alpha value is 0.110.